The van der Waals surface area contributed by atoms with Gasteiger partial charge < -0.3 is 14.1 Å². The summed E-state index contributed by atoms with van der Waals surface area (Å²) in [6.07, 6.45) is 6.51. The Balaban J connectivity index is 1.24. The van der Waals surface area contributed by atoms with Gasteiger partial charge in [0.05, 0.1) is 25.2 Å². The first-order chi connectivity index (χ1) is 13.8. The van der Waals surface area contributed by atoms with Gasteiger partial charge in [0.15, 0.2) is 11.6 Å². The van der Waals surface area contributed by atoms with E-state index in [1.807, 2.05) is 24.5 Å². The minimum atomic E-state index is 0.667. The van der Waals surface area contributed by atoms with E-state index in [1.54, 1.807) is 6.26 Å². The highest BCUT2D eigenvalue weighted by atomic mass is 16.5. The molecule has 0 spiro atoms. The molecule has 0 radical (unpaired) electrons. The Labute approximate surface area is 164 Å². The maximum atomic E-state index is 5.41. The molecule has 0 saturated carbocycles. The van der Waals surface area contributed by atoms with Crippen molar-refractivity contribution in [2.24, 2.45) is 0 Å². The highest BCUT2D eigenvalue weighted by Gasteiger charge is 2.20. The van der Waals surface area contributed by atoms with Crippen molar-refractivity contribution in [1.82, 2.24) is 19.9 Å². The highest BCUT2D eigenvalue weighted by Crippen LogP contribution is 2.22. The third-order valence-corrected chi connectivity index (χ3v) is 5.30. The van der Waals surface area contributed by atoms with Gasteiger partial charge >= 0.3 is 0 Å². The largest absolute Gasteiger partial charge is 0.461 e. The average Bonchev–Trinajstić information content (AvgIpc) is 3.30. The minimum Gasteiger partial charge on any atom is -0.461 e. The molecule has 144 valence electrons. The Hall–Kier alpha value is -2.77. The summed E-state index contributed by atoms with van der Waals surface area (Å²) in [4.78, 5) is 18.5. The maximum Gasteiger partial charge on any atom is 0.195 e. The van der Waals surface area contributed by atoms with Crippen molar-refractivity contribution < 1.29 is 9.15 Å². The molecule has 5 heterocycles. The van der Waals surface area contributed by atoms with E-state index in [4.69, 9.17) is 14.1 Å². The number of furan rings is 1. The smallest absolute Gasteiger partial charge is 0.195 e. The summed E-state index contributed by atoms with van der Waals surface area (Å²) in [5.41, 5.74) is 3.55. The zero-order chi connectivity index (χ0) is 18.8. The fraction of sp³-hybridized carbons (Fsp3) is 0.381. The number of hydrogen-bond donors (Lipinski definition) is 0. The van der Waals surface area contributed by atoms with Crippen molar-refractivity contribution in [3.8, 4) is 11.6 Å². The standard InChI is InChI=1S/C21H23N5O2/c1-2-19(28-9-1)21-23-13-17-15-25(6-5-18(17)24-21)14-16-3-4-20(22-12-16)26-7-10-27-11-8-26/h1-4,9,12-13H,5-8,10-11,14-15H2. The predicted molar refractivity (Wildman–Crippen MR) is 105 cm³/mol. The van der Waals surface area contributed by atoms with Crippen molar-refractivity contribution >= 4 is 5.82 Å². The van der Waals surface area contributed by atoms with Crippen molar-refractivity contribution in [2.75, 3.05) is 37.7 Å². The van der Waals surface area contributed by atoms with E-state index in [0.717, 1.165) is 69.6 Å². The maximum absolute atomic E-state index is 5.41. The summed E-state index contributed by atoms with van der Waals surface area (Å²) in [6, 6.07) is 8.06. The molecule has 0 amide bonds. The van der Waals surface area contributed by atoms with Gasteiger partial charge in [0.1, 0.15) is 5.82 Å². The molecule has 5 rings (SSSR count). The normalized spacial score (nSPS) is 17.5. The first-order valence-electron chi connectivity index (χ1n) is 9.74. The summed E-state index contributed by atoms with van der Waals surface area (Å²) >= 11 is 0. The van der Waals surface area contributed by atoms with Gasteiger partial charge in [0, 0.05) is 57.1 Å². The monoisotopic (exact) mass is 377 g/mol. The van der Waals surface area contributed by atoms with Gasteiger partial charge in [-0.3, -0.25) is 4.90 Å². The molecule has 0 bridgehead atoms. The van der Waals surface area contributed by atoms with Crippen LogP contribution in [0.3, 0.4) is 0 Å². The molecule has 2 aliphatic heterocycles. The molecule has 7 nitrogen and oxygen atoms in total. The number of aromatic nitrogens is 3. The Morgan fingerprint density at radius 1 is 1.00 bits per heavy atom. The van der Waals surface area contributed by atoms with Crippen LogP contribution < -0.4 is 4.90 Å². The van der Waals surface area contributed by atoms with Gasteiger partial charge in [-0.1, -0.05) is 6.07 Å². The topological polar surface area (TPSA) is 67.5 Å². The van der Waals surface area contributed by atoms with Crippen molar-refractivity contribution in [2.45, 2.75) is 19.5 Å². The van der Waals surface area contributed by atoms with E-state index in [0.29, 0.717) is 5.82 Å². The number of rotatable bonds is 4. The van der Waals surface area contributed by atoms with Gasteiger partial charge in [-0.2, -0.15) is 0 Å². The summed E-state index contributed by atoms with van der Waals surface area (Å²) in [7, 11) is 0. The molecule has 28 heavy (non-hydrogen) atoms. The zero-order valence-electron chi connectivity index (χ0n) is 15.8. The average molecular weight is 377 g/mol. The molecule has 1 fully saturated rings. The Morgan fingerprint density at radius 3 is 2.71 bits per heavy atom. The number of pyridine rings is 1. The predicted octanol–water partition coefficient (Wildman–Crippen LogP) is 2.53. The Kier molecular flexibility index (Phi) is 4.76. The number of hydrogen-bond acceptors (Lipinski definition) is 7. The molecule has 0 unspecified atom stereocenters. The second-order valence-electron chi connectivity index (χ2n) is 7.23. The lowest BCUT2D eigenvalue weighted by molar-refractivity contribution is 0.122. The van der Waals surface area contributed by atoms with Gasteiger partial charge in [0.2, 0.25) is 0 Å². The summed E-state index contributed by atoms with van der Waals surface area (Å²) in [5.74, 6) is 2.42. The first kappa shape index (κ1) is 17.3. The van der Waals surface area contributed by atoms with E-state index >= 15 is 0 Å². The minimum absolute atomic E-state index is 0.667. The van der Waals surface area contributed by atoms with Crippen LogP contribution in [0, 0.1) is 0 Å². The molecule has 3 aromatic heterocycles. The summed E-state index contributed by atoms with van der Waals surface area (Å²) in [5, 5.41) is 0. The van der Waals surface area contributed by atoms with Crippen LogP contribution in [0.2, 0.25) is 0 Å². The lowest BCUT2D eigenvalue weighted by Crippen LogP contribution is -2.36. The van der Waals surface area contributed by atoms with E-state index < -0.39 is 0 Å². The van der Waals surface area contributed by atoms with Crippen LogP contribution in [-0.2, 0) is 24.2 Å². The van der Waals surface area contributed by atoms with Gasteiger partial charge in [-0.05, 0) is 23.8 Å². The highest BCUT2D eigenvalue weighted by molar-refractivity contribution is 5.47. The van der Waals surface area contributed by atoms with Crippen LogP contribution in [0.25, 0.3) is 11.6 Å². The van der Waals surface area contributed by atoms with Crippen LogP contribution in [0.15, 0.2) is 47.3 Å². The van der Waals surface area contributed by atoms with Gasteiger partial charge in [-0.25, -0.2) is 15.0 Å². The van der Waals surface area contributed by atoms with Crippen LogP contribution in [0.1, 0.15) is 16.8 Å². The molecule has 2 aliphatic rings. The number of nitrogens with zero attached hydrogens (tertiary/aromatic N) is 5. The Morgan fingerprint density at radius 2 is 1.93 bits per heavy atom. The van der Waals surface area contributed by atoms with Gasteiger partial charge in [-0.15, -0.1) is 0 Å². The van der Waals surface area contributed by atoms with Gasteiger partial charge in [0.25, 0.3) is 0 Å². The van der Waals surface area contributed by atoms with Crippen LogP contribution in [-0.4, -0.2) is 52.7 Å². The fourth-order valence-electron chi connectivity index (χ4n) is 3.78. The van der Waals surface area contributed by atoms with E-state index in [-0.39, 0.29) is 0 Å². The van der Waals surface area contributed by atoms with E-state index in [2.05, 4.69) is 31.9 Å². The molecule has 1 saturated heterocycles. The number of anilines is 1. The third kappa shape index (κ3) is 3.63. The fourth-order valence-corrected chi connectivity index (χ4v) is 3.78. The second kappa shape index (κ2) is 7.69. The first-order valence-corrected chi connectivity index (χ1v) is 9.74. The molecule has 3 aromatic rings. The summed E-state index contributed by atoms with van der Waals surface area (Å²) < 4.78 is 10.8. The molecule has 0 aromatic carbocycles. The molecule has 7 heteroatoms. The van der Waals surface area contributed by atoms with Crippen LogP contribution in [0.4, 0.5) is 5.82 Å². The SMILES string of the molecule is c1coc(-c2ncc3c(n2)CCN(Cc2ccc(N4CCOCC4)nc2)C3)c1. The second-order valence-corrected chi connectivity index (χ2v) is 7.23. The lowest BCUT2D eigenvalue weighted by atomic mass is 10.1. The van der Waals surface area contributed by atoms with Crippen molar-refractivity contribution in [1.29, 1.82) is 0 Å². The molecule has 0 N–H and O–H groups in total. The molecule has 0 atom stereocenters. The number of morpholine rings is 1. The van der Waals surface area contributed by atoms with Crippen molar-refractivity contribution in [3.05, 3.63) is 59.7 Å². The summed E-state index contributed by atoms with van der Waals surface area (Å²) in [6.45, 7) is 6.10. The third-order valence-electron chi connectivity index (χ3n) is 5.30. The number of fused-ring (bicyclic) bond motifs is 1. The van der Waals surface area contributed by atoms with E-state index in [1.165, 1.54) is 11.1 Å². The Bertz CT molecular complexity index is 920. The lowest BCUT2D eigenvalue weighted by Gasteiger charge is -2.29. The quantitative estimate of drug-likeness (QED) is 0.692. The molecular weight excluding hydrogens is 354 g/mol. The van der Waals surface area contributed by atoms with Crippen LogP contribution >= 0.6 is 0 Å². The zero-order valence-corrected chi connectivity index (χ0v) is 15.8. The molecule has 0 aliphatic carbocycles. The van der Waals surface area contributed by atoms with Crippen LogP contribution in [0.5, 0.6) is 0 Å². The number of ether oxygens (including phenoxy) is 1. The molecular formula is C21H23N5O2. The van der Waals surface area contributed by atoms with Crippen molar-refractivity contribution in [3.63, 3.8) is 0 Å². The van der Waals surface area contributed by atoms with E-state index in [9.17, 15) is 0 Å².